The predicted octanol–water partition coefficient (Wildman–Crippen LogP) is 2.81. The molecule has 0 aliphatic carbocycles. The molecular weight excluding hydrogens is 338 g/mol. The molecule has 25 heavy (non-hydrogen) atoms. The quantitative estimate of drug-likeness (QED) is 0.858. The Kier molecular flexibility index (Phi) is 5.42. The molecule has 5 nitrogen and oxygen atoms in total. The van der Waals surface area contributed by atoms with Gasteiger partial charge in [0.2, 0.25) is 10.0 Å². The molecule has 0 saturated carbocycles. The molecule has 0 radical (unpaired) electrons. The number of hydrogen-bond donors (Lipinski definition) is 1. The monoisotopic (exact) mass is 361 g/mol. The highest BCUT2D eigenvalue weighted by Crippen LogP contribution is 2.27. The van der Waals surface area contributed by atoms with Gasteiger partial charge in [-0.1, -0.05) is 42.5 Å². The summed E-state index contributed by atoms with van der Waals surface area (Å²) in [6.07, 6.45) is 0.276. The second-order valence-corrected chi connectivity index (χ2v) is 8.46. The van der Waals surface area contributed by atoms with E-state index in [1.165, 1.54) is 0 Å². The van der Waals surface area contributed by atoms with Crippen molar-refractivity contribution in [2.24, 2.45) is 11.1 Å². The van der Waals surface area contributed by atoms with Crippen molar-refractivity contribution in [3.8, 4) is 16.9 Å². The number of rotatable bonds is 6. The van der Waals surface area contributed by atoms with E-state index in [-0.39, 0.29) is 12.0 Å². The second-order valence-electron chi connectivity index (χ2n) is 6.48. The van der Waals surface area contributed by atoms with Crippen LogP contribution in [0, 0.1) is 5.92 Å². The van der Waals surface area contributed by atoms with Crippen LogP contribution in [0.3, 0.4) is 0 Å². The number of hydrogen-bond acceptors (Lipinski definition) is 4. The van der Waals surface area contributed by atoms with Crippen molar-refractivity contribution in [3.63, 3.8) is 0 Å². The Hall–Kier alpha value is -1.89. The molecule has 3 rings (SSSR count). The maximum absolute atomic E-state index is 11.5. The smallest absolute Gasteiger partial charge is 0.211 e. The zero-order valence-electron chi connectivity index (χ0n) is 14.2. The Morgan fingerprint density at radius 1 is 1.08 bits per heavy atom. The largest absolute Gasteiger partial charge is 0.488 e. The molecule has 0 bridgehead atoms. The molecular formula is C19H23NO4S. The molecule has 0 aromatic heterocycles. The first kappa shape index (κ1) is 17.9. The van der Waals surface area contributed by atoms with Crippen LogP contribution >= 0.6 is 0 Å². The Bertz CT molecular complexity index is 790. The van der Waals surface area contributed by atoms with Gasteiger partial charge in [0, 0.05) is 5.92 Å². The lowest BCUT2D eigenvalue weighted by molar-refractivity contribution is 0.136. The van der Waals surface area contributed by atoms with E-state index in [0.29, 0.717) is 19.6 Å². The van der Waals surface area contributed by atoms with Crippen LogP contribution in [0.15, 0.2) is 54.6 Å². The maximum atomic E-state index is 11.5. The van der Waals surface area contributed by atoms with Crippen LogP contribution in [-0.2, 0) is 14.8 Å². The van der Waals surface area contributed by atoms with Gasteiger partial charge in [0.25, 0.3) is 0 Å². The molecule has 2 N–H and O–H groups in total. The number of primary sulfonamides is 1. The predicted molar refractivity (Wildman–Crippen MR) is 97.8 cm³/mol. The van der Waals surface area contributed by atoms with E-state index >= 15 is 0 Å². The summed E-state index contributed by atoms with van der Waals surface area (Å²) in [5.41, 5.74) is 2.27. The number of benzene rings is 2. The van der Waals surface area contributed by atoms with Crippen molar-refractivity contribution in [2.45, 2.75) is 24.7 Å². The van der Waals surface area contributed by atoms with Crippen LogP contribution in [0.25, 0.3) is 11.1 Å². The molecule has 6 heteroatoms. The molecule has 0 spiro atoms. The zero-order valence-corrected chi connectivity index (χ0v) is 15.0. The summed E-state index contributed by atoms with van der Waals surface area (Å²) in [6, 6.07) is 18.0. The average molecular weight is 361 g/mol. The maximum Gasteiger partial charge on any atom is 0.211 e. The molecule has 1 fully saturated rings. The van der Waals surface area contributed by atoms with Gasteiger partial charge in [-0.25, -0.2) is 13.6 Å². The van der Waals surface area contributed by atoms with Crippen molar-refractivity contribution in [3.05, 3.63) is 54.6 Å². The fourth-order valence-electron chi connectivity index (χ4n) is 3.02. The first-order chi connectivity index (χ1) is 11.9. The molecule has 2 aromatic carbocycles. The molecule has 0 amide bonds. The number of nitrogens with two attached hydrogens (primary N) is 1. The lowest BCUT2D eigenvalue weighted by Crippen LogP contribution is -2.33. The first-order valence-corrected chi connectivity index (χ1v) is 9.96. The van der Waals surface area contributed by atoms with Gasteiger partial charge in [-0.2, -0.15) is 0 Å². The highest BCUT2D eigenvalue weighted by atomic mass is 32.2. The topological polar surface area (TPSA) is 78.6 Å². The summed E-state index contributed by atoms with van der Waals surface area (Å²) in [5, 5.41) is 4.61. The van der Waals surface area contributed by atoms with Crippen molar-refractivity contribution in [1.29, 1.82) is 0 Å². The Morgan fingerprint density at radius 3 is 2.36 bits per heavy atom. The van der Waals surface area contributed by atoms with E-state index in [0.717, 1.165) is 16.9 Å². The van der Waals surface area contributed by atoms with Crippen LogP contribution in [0.2, 0.25) is 0 Å². The summed E-state index contributed by atoms with van der Waals surface area (Å²) in [4.78, 5) is 0. The minimum atomic E-state index is -3.53. The van der Waals surface area contributed by atoms with Gasteiger partial charge >= 0.3 is 0 Å². The highest BCUT2D eigenvalue weighted by molar-refractivity contribution is 7.89. The molecule has 1 unspecified atom stereocenters. The van der Waals surface area contributed by atoms with Crippen molar-refractivity contribution >= 4 is 10.0 Å². The van der Waals surface area contributed by atoms with Crippen molar-refractivity contribution < 1.29 is 17.9 Å². The lowest BCUT2D eigenvalue weighted by Gasteiger charge is -2.21. The zero-order chi connectivity index (χ0) is 17.9. The summed E-state index contributed by atoms with van der Waals surface area (Å²) in [7, 11) is -3.53. The number of ether oxygens (including phenoxy) is 2. The molecule has 2 aromatic rings. The summed E-state index contributed by atoms with van der Waals surface area (Å²) >= 11 is 0. The van der Waals surface area contributed by atoms with Crippen LogP contribution in [-0.4, -0.2) is 33.0 Å². The molecule has 1 heterocycles. The Labute approximate surface area is 148 Å². The van der Waals surface area contributed by atoms with Crippen molar-refractivity contribution in [1.82, 2.24) is 0 Å². The van der Waals surface area contributed by atoms with Gasteiger partial charge in [-0.3, -0.25) is 0 Å². The van der Waals surface area contributed by atoms with E-state index < -0.39 is 15.3 Å². The third kappa shape index (κ3) is 4.60. The third-order valence-electron chi connectivity index (χ3n) is 4.58. The van der Waals surface area contributed by atoms with E-state index in [1.807, 2.05) is 42.5 Å². The van der Waals surface area contributed by atoms with E-state index in [4.69, 9.17) is 14.6 Å². The average Bonchev–Trinajstić information content (AvgIpc) is 3.02. The summed E-state index contributed by atoms with van der Waals surface area (Å²) in [6.45, 7) is 2.58. The molecule has 1 aliphatic heterocycles. The van der Waals surface area contributed by atoms with Gasteiger partial charge in [-0.15, -0.1) is 0 Å². The van der Waals surface area contributed by atoms with E-state index in [1.54, 1.807) is 6.92 Å². The standard InChI is InChI=1S/C19H23NO4S/c1-14(25(20,21)22)11-17-12-23-13-19(17)24-18-9-7-16(8-10-18)15-5-3-2-4-6-15/h2-10,14,17,19H,11-13H2,1H3,(H2,20,21,22)/t14?,17-,19+/m0/s1. The molecule has 1 saturated heterocycles. The van der Waals surface area contributed by atoms with Gasteiger partial charge in [0.1, 0.15) is 11.9 Å². The van der Waals surface area contributed by atoms with Crippen LogP contribution in [0.5, 0.6) is 5.75 Å². The third-order valence-corrected chi connectivity index (χ3v) is 5.90. The van der Waals surface area contributed by atoms with E-state index in [2.05, 4.69) is 12.1 Å². The SMILES string of the molecule is CC(C[C@H]1COC[C@H]1Oc1ccc(-c2ccccc2)cc1)S(N)(=O)=O. The van der Waals surface area contributed by atoms with Crippen molar-refractivity contribution in [2.75, 3.05) is 13.2 Å². The molecule has 1 aliphatic rings. The fourth-order valence-corrected chi connectivity index (χ4v) is 3.54. The molecule has 3 atom stereocenters. The normalized spacial score (nSPS) is 21.8. The Morgan fingerprint density at radius 2 is 1.72 bits per heavy atom. The second kappa shape index (κ2) is 7.56. The number of sulfonamides is 1. The van der Waals surface area contributed by atoms with Crippen LogP contribution < -0.4 is 9.88 Å². The first-order valence-electron chi connectivity index (χ1n) is 8.35. The Balaban J connectivity index is 1.65. The van der Waals surface area contributed by atoms with E-state index in [9.17, 15) is 8.42 Å². The van der Waals surface area contributed by atoms with Gasteiger partial charge < -0.3 is 9.47 Å². The molecule has 134 valence electrons. The minimum absolute atomic E-state index is 0.0159. The van der Waals surface area contributed by atoms with Gasteiger partial charge in [-0.05, 0) is 36.6 Å². The lowest BCUT2D eigenvalue weighted by atomic mass is 10.00. The highest BCUT2D eigenvalue weighted by Gasteiger charge is 2.33. The summed E-state index contributed by atoms with van der Waals surface area (Å²) in [5.74, 6) is 0.769. The van der Waals surface area contributed by atoms with Crippen LogP contribution in [0.1, 0.15) is 13.3 Å². The van der Waals surface area contributed by atoms with Gasteiger partial charge in [0.15, 0.2) is 0 Å². The minimum Gasteiger partial charge on any atom is -0.488 e. The fraction of sp³-hybridized carbons (Fsp3) is 0.368. The van der Waals surface area contributed by atoms with Crippen LogP contribution in [0.4, 0.5) is 0 Å². The summed E-state index contributed by atoms with van der Waals surface area (Å²) < 4.78 is 34.4. The van der Waals surface area contributed by atoms with Gasteiger partial charge in [0.05, 0.1) is 18.5 Å².